The predicted molar refractivity (Wildman–Crippen MR) is 108 cm³/mol. The molecule has 1 amide bonds. The summed E-state index contributed by atoms with van der Waals surface area (Å²) in [6.07, 6.45) is 2.39. The fourth-order valence-electron chi connectivity index (χ4n) is 2.34. The molecule has 7 heteroatoms. The van der Waals surface area contributed by atoms with Gasteiger partial charge in [-0.1, -0.05) is 23.9 Å². The molecule has 2 heterocycles. The highest BCUT2D eigenvalue weighted by atomic mass is 32.2. The normalized spacial score (nSPS) is 10.9. The van der Waals surface area contributed by atoms with Gasteiger partial charge < -0.3 is 14.5 Å². The van der Waals surface area contributed by atoms with E-state index in [1.165, 1.54) is 5.56 Å². The Morgan fingerprint density at radius 3 is 2.85 bits per heavy atom. The fourth-order valence-corrected chi connectivity index (χ4v) is 4.15. The van der Waals surface area contributed by atoms with Gasteiger partial charge in [-0.3, -0.25) is 4.79 Å². The third-order valence-corrected chi connectivity index (χ3v) is 5.96. The largest absolute Gasteiger partial charge is 0.467 e. The van der Waals surface area contributed by atoms with Gasteiger partial charge in [-0.15, -0.1) is 11.3 Å². The number of aryl methyl sites for hydroxylation is 1. The second kappa shape index (κ2) is 10.3. The standard InChI is InChI=1S/C20H22N2O3S2/c1-15-13-26-20(22-15)27-14-16-5-7-17(8-6-16)19(23)21-9-3-10-24-12-18-4-2-11-25-18/h2,4-8,11,13H,3,9-10,12,14H2,1H3,(H,21,23). The van der Waals surface area contributed by atoms with Gasteiger partial charge >= 0.3 is 0 Å². The van der Waals surface area contributed by atoms with Crippen LogP contribution in [0.3, 0.4) is 0 Å². The smallest absolute Gasteiger partial charge is 0.251 e. The molecule has 2 aromatic heterocycles. The molecular formula is C20H22N2O3S2. The number of rotatable bonds is 10. The topological polar surface area (TPSA) is 64.4 Å². The molecule has 1 aromatic carbocycles. The van der Waals surface area contributed by atoms with Crippen LogP contribution in [0, 0.1) is 6.92 Å². The van der Waals surface area contributed by atoms with Crippen molar-refractivity contribution in [2.45, 2.75) is 30.0 Å². The first-order valence-electron chi connectivity index (χ1n) is 8.73. The van der Waals surface area contributed by atoms with Crippen molar-refractivity contribution in [3.8, 4) is 0 Å². The number of hydrogen-bond acceptors (Lipinski definition) is 6. The quantitative estimate of drug-likeness (QED) is 0.394. The number of nitrogens with zero attached hydrogens (tertiary/aromatic N) is 1. The maximum atomic E-state index is 12.2. The molecule has 0 unspecified atom stereocenters. The van der Waals surface area contributed by atoms with Gasteiger partial charge in [0.1, 0.15) is 16.7 Å². The molecule has 1 N–H and O–H groups in total. The van der Waals surface area contributed by atoms with Crippen LogP contribution < -0.4 is 5.32 Å². The molecule has 0 atom stereocenters. The molecule has 142 valence electrons. The maximum Gasteiger partial charge on any atom is 0.251 e. The van der Waals surface area contributed by atoms with Crippen LogP contribution in [-0.4, -0.2) is 24.0 Å². The van der Waals surface area contributed by atoms with Crippen molar-refractivity contribution in [3.05, 3.63) is 70.6 Å². The second-order valence-corrected chi connectivity index (χ2v) is 8.06. The Morgan fingerprint density at radius 2 is 2.15 bits per heavy atom. The number of hydrogen-bond donors (Lipinski definition) is 1. The van der Waals surface area contributed by atoms with Gasteiger partial charge in [0.15, 0.2) is 0 Å². The van der Waals surface area contributed by atoms with Crippen molar-refractivity contribution < 1.29 is 13.9 Å². The van der Waals surface area contributed by atoms with Crippen LogP contribution in [0.1, 0.15) is 33.8 Å². The van der Waals surface area contributed by atoms with Crippen molar-refractivity contribution in [3.63, 3.8) is 0 Å². The zero-order valence-corrected chi connectivity index (χ0v) is 16.8. The highest BCUT2D eigenvalue weighted by molar-refractivity contribution is 8.00. The van der Waals surface area contributed by atoms with Crippen molar-refractivity contribution in [1.82, 2.24) is 10.3 Å². The molecule has 0 aliphatic rings. The average Bonchev–Trinajstić information content (AvgIpc) is 3.35. The highest BCUT2D eigenvalue weighted by Crippen LogP contribution is 2.26. The van der Waals surface area contributed by atoms with Gasteiger partial charge in [0.25, 0.3) is 5.91 Å². The van der Waals surface area contributed by atoms with Gasteiger partial charge in [-0.05, 0) is 43.2 Å². The number of carbonyl (C=O) groups excluding carboxylic acids is 1. The zero-order chi connectivity index (χ0) is 18.9. The first-order valence-corrected chi connectivity index (χ1v) is 10.6. The second-order valence-electron chi connectivity index (χ2n) is 5.98. The molecule has 27 heavy (non-hydrogen) atoms. The molecule has 0 saturated heterocycles. The van der Waals surface area contributed by atoms with E-state index in [2.05, 4.69) is 15.7 Å². The van der Waals surface area contributed by atoms with E-state index in [0.717, 1.165) is 28.0 Å². The molecule has 0 spiro atoms. The number of ether oxygens (including phenoxy) is 1. The van der Waals surface area contributed by atoms with Gasteiger partial charge in [0, 0.05) is 35.5 Å². The Kier molecular flexibility index (Phi) is 7.50. The van der Waals surface area contributed by atoms with E-state index in [0.29, 0.717) is 25.3 Å². The van der Waals surface area contributed by atoms with Crippen molar-refractivity contribution in [1.29, 1.82) is 0 Å². The Morgan fingerprint density at radius 1 is 1.30 bits per heavy atom. The van der Waals surface area contributed by atoms with Crippen molar-refractivity contribution >= 4 is 29.0 Å². The number of furan rings is 1. The summed E-state index contributed by atoms with van der Waals surface area (Å²) in [5, 5.41) is 4.97. The summed E-state index contributed by atoms with van der Waals surface area (Å²) in [6.45, 7) is 3.62. The number of thioether (sulfide) groups is 1. The minimum absolute atomic E-state index is 0.0595. The summed E-state index contributed by atoms with van der Waals surface area (Å²) in [6, 6.07) is 11.4. The van der Waals surface area contributed by atoms with E-state index in [4.69, 9.17) is 9.15 Å². The lowest BCUT2D eigenvalue weighted by Gasteiger charge is -2.06. The summed E-state index contributed by atoms with van der Waals surface area (Å²) >= 11 is 3.38. The average molecular weight is 403 g/mol. The van der Waals surface area contributed by atoms with Crippen LogP contribution in [0.5, 0.6) is 0 Å². The van der Waals surface area contributed by atoms with E-state index in [1.807, 2.05) is 43.3 Å². The van der Waals surface area contributed by atoms with Crippen LogP contribution >= 0.6 is 23.1 Å². The molecular weight excluding hydrogens is 380 g/mol. The summed E-state index contributed by atoms with van der Waals surface area (Å²) in [7, 11) is 0. The predicted octanol–water partition coefficient (Wildman–Crippen LogP) is 4.67. The summed E-state index contributed by atoms with van der Waals surface area (Å²) in [5.41, 5.74) is 2.90. The molecule has 5 nitrogen and oxygen atoms in total. The number of thiazole rings is 1. The number of aromatic nitrogens is 1. The number of nitrogens with one attached hydrogen (secondary N) is 1. The van der Waals surface area contributed by atoms with Crippen LogP contribution in [-0.2, 0) is 17.1 Å². The number of amides is 1. The number of carbonyl (C=O) groups is 1. The summed E-state index contributed by atoms with van der Waals surface area (Å²) < 4.78 is 11.8. The van der Waals surface area contributed by atoms with E-state index in [9.17, 15) is 4.79 Å². The molecule has 3 rings (SSSR count). The summed E-state index contributed by atoms with van der Waals surface area (Å²) in [4.78, 5) is 16.6. The first-order chi connectivity index (χ1) is 13.2. The molecule has 3 aromatic rings. The highest BCUT2D eigenvalue weighted by Gasteiger charge is 2.06. The fraction of sp³-hybridized carbons (Fsp3) is 0.300. The van der Waals surface area contributed by atoms with Crippen LogP contribution in [0.4, 0.5) is 0 Å². The van der Waals surface area contributed by atoms with Gasteiger partial charge in [-0.25, -0.2) is 4.98 Å². The molecule has 0 aliphatic heterocycles. The lowest BCUT2D eigenvalue weighted by Crippen LogP contribution is -2.25. The van der Waals surface area contributed by atoms with E-state index in [-0.39, 0.29) is 5.91 Å². The summed E-state index contributed by atoms with van der Waals surface area (Å²) in [5.74, 6) is 1.60. The van der Waals surface area contributed by atoms with Gasteiger partial charge in [-0.2, -0.15) is 0 Å². The minimum atomic E-state index is -0.0595. The van der Waals surface area contributed by atoms with Crippen molar-refractivity contribution in [2.24, 2.45) is 0 Å². The van der Waals surface area contributed by atoms with E-state index < -0.39 is 0 Å². The molecule has 0 saturated carbocycles. The third-order valence-electron chi connectivity index (χ3n) is 3.75. The van der Waals surface area contributed by atoms with E-state index in [1.54, 1.807) is 29.4 Å². The lowest BCUT2D eigenvalue weighted by molar-refractivity contribution is 0.0917. The Balaban J connectivity index is 1.33. The lowest BCUT2D eigenvalue weighted by atomic mass is 10.1. The van der Waals surface area contributed by atoms with Crippen LogP contribution in [0.25, 0.3) is 0 Å². The van der Waals surface area contributed by atoms with Crippen molar-refractivity contribution in [2.75, 3.05) is 13.2 Å². The third kappa shape index (κ3) is 6.53. The molecule has 0 aliphatic carbocycles. The van der Waals surface area contributed by atoms with Crippen LogP contribution in [0.15, 0.2) is 56.8 Å². The molecule has 0 radical (unpaired) electrons. The Hall–Kier alpha value is -2.09. The molecule has 0 bridgehead atoms. The van der Waals surface area contributed by atoms with E-state index >= 15 is 0 Å². The number of benzene rings is 1. The minimum Gasteiger partial charge on any atom is -0.467 e. The zero-order valence-electron chi connectivity index (χ0n) is 15.1. The Labute approximate surface area is 167 Å². The first kappa shape index (κ1) is 19.7. The van der Waals surface area contributed by atoms with Gasteiger partial charge in [0.2, 0.25) is 0 Å². The molecule has 0 fully saturated rings. The monoisotopic (exact) mass is 402 g/mol. The van der Waals surface area contributed by atoms with Crippen LogP contribution in [0.2, 0.25) is 0 Å². The van der Waals surface area contributed by atoms with Gasteiger partial charge in [0.05, 0.1) is 6.26 Å². The SMILES string of the molecule is Cc1csc(SCc2ccc(C(=O)NCCCOCc3ccco3)cc2)n1. The maximum absolute atomic E-state index is 12.2. The Bertz CT molecular complexity index is 829.